The van der Waals surface area contributed by atoms with Crippen LogP contribution in [0.25, 0.3) is 0 Å². The fourth-order valence-electron chi connectivity index (χ4n) is 2.98. The van der Waals surface area contributed by atoms with Crippen LogP contribution in [-0.4, -0.2) is 36.6 Å². The zero-order valence-electron chi connectivity index (χ0n) is 12.8. The van der Waals surface area contributed by atoms with E-state index in [0.29, 0.717) is 0 Å². The molecule has 0 amide bonds. The van der Waals surface area contributed by atoms with Crippen LogP contribution in [0.2, 0.25) is 0 Å². The van der Waals surface area contributed by atoms with Gasteiger partial charge >= 0.3 is 0 Å². The number of likely N-dealkylation sites (tertiary alicyclic amines) is 1. The first-order chi connectivity index (χ1) is 9.11. The van der Waals surface area contributed by atoms with Gasteiger partial charge in [-0.25, -0.2) is 4.98 Å². The maximum Gasteiger partial charge on any atom is 0.113 e. The van der Waals surface area contributed by atoms with Gasteiger partial charge in [0.05, 0.1) is 11.2 Å². The van der Waals surface area contributed by atoms with Crippen LogP contribution in [0.15, 0.2) is 0 Å². The summed E-state index contributed by atoms with van der Waals surface area (Å²) in [6.07, 6.45) is 4.90. The Hall–Kier alpha value is -0.450. The SMILES string of the molecule is CCCN1CCCC(NC)(c2nc(C)c(C)s2)CC1. The lowest BCUT2D eigenvalue weighted by Crippen LogP contribution is -2.41. The largest absolute Gasteiger partial charge is 0.308 e. The summed E-state index contributed by atoms with van der Waals surface area (Å²) in [7, 11) is 2.10. The third-order valence-electron chi connectivity index (χ3n) is 4.39. The van der Waals surface area contributed by atoms with Crippen molar-refractivity contribution in [2.45, 2.75) is 52.0 Å². The molecule has 108 valence electrons. The second-order valence-corrected chi connectivity index (χ2v) is 6.89. The van der Waals surface area contributed by atoms with Crippen molar-refractivity contribution in [2.75, 3.05) is 26.7 Å². The molecule has 19 heavy (non-hydrogen) atoms. The summed E-state index contributed by atoms with van der Waals surface area (Å²) < 4.78 is 0. The van der Waals surface area contributed by atoms with Crippen molar-refractivity contribution in [3.05, 3.63) is 15.6 Å². The van der Waals surface area contributed by atoms with E-state index in [0.717, 1.165) is 0 Å². The quantitative estimate of drug-likeness (QED) is 0.919. The van der Waals surface area contributed by atoms with E-state index in [-0.39, 0.29) is 5.54 Å². The lowest BCUT2D eigenvalue weighted by molar-refractivity contribution is 0.264. The van der Waals surface area contributed by atoms with E-state index in [1.165, 1.54) is 60.9 Å². The van der Waals surface area contributed by atoms with Crippen LogP contribution < -0.4 is 5.32 Å². The van der Waals surface area contributed by atoms with Crippen molar-refractivity contribution in [3.8, 4) is 0 Å². The van der Waals surface area contributed by atoms with Gasteiger partial charge in [0.15, 0.2) is 0 Å². The monoisotopic (exact) mass is 281 g/mol. The number of hydrogen-bond acceptors (Lipinski definition) is 4. The smallest absolute Gasteiger partial charge is 0.113 e. The number of hydrogen-bond donors (Lipinski definition) is 1. The Bertz CT molecular complexity index is 396. The van der Waals surface area contributed by atoms with Crippen molar-refractivity contribution in [1.82, 2.24) is 15.2 Å². The number of rotatable bonds is 4. The molecule has 2 heterocycles. The average Bonchev–Trinajstić information content (AvgIpc) is 2.64. The predicted octanol–water partition coefficient (Wildman–Crippen LogP) is 3.07. The molecule has 0 saturated carbocycles. The first-order valence-corrected chi connectivity index (χ1v) is 8.28. The predicted molar refractivity (Wildman–Crippen MR) is 82.9 cm³/mol. The van der Waals surface area contributed by atoms with Gasteiger partial charge in [-0.2, -0.15) is 0 Å². The minimum absolute atomic E-state index is 0.103. The van der Waals surface area contributed by atoms with Crippen LogP contribution in [0.3, 0.4) is 0 Å². The lowest BCUT2D eigenvalue weighted by atomic mass is 9.91. The van der Waals surface area contributed by atoms with E-state index in [1.54, 1.807) is 0 Å². The van der Waals surface area contributed by atoms with Crippen LogP contribution >= 0.6 is 11.3 Å². The number of aryl methyl sites for hydroxylation is 2. The zero-order chi connectivity index (χ0) is 13.9. The second-order valence-electron chi connectivity index (χ2n) is 5.69. The molecule has 2 rings (SSSR count). The molecule has 1 saturated heterocycles. The third kappa shape index (κ3) is 3.18. The Morgan fingerprint density at radius 1 is 1.32 bits per heavy atom. The minimum Gasteiger partial charge on any atom is -0.308 e. The van der Waals surface area contributed by atoms with E-state index in [2.05, 4.69) is 38.0 Å². The topological polar surface area (TPSA) is 28.2 Å². The van der Waals surface area contributed by atoms with Gasteiger partial charge in [0.1, 0.15) is 5.01 Å². The van der Waals surface area contributed by atoms with E-state index >= 15 is 0 Å². The normalized spacial score (nSPS) is 25.5. The number of thiazole rings is 1. The maximum atomic E-state index is 4.83. The molecule has 1 N–H and O–H groups in total. The van der Waals surface area contributed by atoms with Gasteiger partial charge in [0.2, 0.25) is 0 Å². The first-order valence-electron chi connectivity index (χ1n) is 7.47. The molecule has 1 aliphatic heterocycles. The molecule has 0 aromatic carbocycles. The molecule has 3 nitrogen and oxygen atoms in total. The van der Waals surface area contributed by atoms with Gasteiger partial charge < -0.3 is 10.2 Å². The molecule has 0 aliphatic carbocycles. The van der Waals surface area contributed by atoms with Crippen molar-refractivity contribution in [1.29, 1.82) is 0 Å². The molecule has 0 spiro atoms. The summed E-state index contributed by atoms with van der Waals surface area (Å²) in [6, 6.07) is 0. The molecule has 1 atom stereocenters. The van der Waals surface area contributed by atoms with Crippen LogP contribution in [0, 0.1) is 13.8 Å². The minimum atomic E-state index is 0.103. The Labute approximate surface area is 121 Å². The Morgan fingerprint density at radius 3 is 2.68 bits per heavy atom. The Morgan fingerprint density at radius 2 is 2.11 bits per heavy atom. The van der Waals surface area contributed by atoms with Crippen LogP contribution in [0.1, 0.15) is 48.2 Å². The third-order valence-corrected chi connectivity index (χ3v) is 5.67. The molecule has 1 aromatic rings. The summed E-state index contributed by atoms with van der Waals surface area (Å²) in [6.45, 7) is 10.2. The molecule has 1 aromatic heterocycles. The van der Waals surface area contributed by atoms with E-state index in [4.69, 9.17) is 4.98 Å². The number of nitrogens with zero attached hydrogens (tertiary/aromatic N) is 2. The van der Waals surface area contributed by atoms with Gasteiger partial charge in [-0.1, -0.05) is 6.92 Å². The summed E-state index contributed by atoms with van der Waals surface area (Å²) >= 11 is 1.88. The molecule has 1 unspecified atom stereocenters. The maximum absolute atomic E-state index is 4.83. The molecule has 0 bridgehead atoms. The van der Waals surface area contributed by atoms with Crippen molar-refractivity contribution in [2.24, 2.45) is 0 Å². The van der Waals surface area contributed by atoms with E-state index in [9.17, 15) is 0 Å². The first kappa shape index (κ1) is 14.9. The highest BCUT2D eigenvalue weighted by Crippen LogP contribution is 2.36. The van der Waals surface area contributed by atoms with E-state index in [1.807, 2.05) is 11.3 Å². The van der Waals surface area contributed by atoms with Crippen LogP contribution in [-0.2, 0) is 5.54 Å². The highest BCUT2D eigenvalue weighted by Gasteiger charge is 2.35. The number of aromatic nitrogens is 1. The van der Waals surface area contributed by atoms with Gasteiger partial charge in [-0.3, -0.25) is 0 Å². The molecule has 0 radical (unpaired) electrons. The van der Waals surface area contributed by atoms with E-state index < -0.39 is 0 Å². The summed E-state index contributed by atoms with van der Waals surface area (Å²) in [5.41, 5.74) is 1.30. The van der Waals surface area contributed by atoms with Crippen molar-refractivity contribution < 1.29 is 0 Å². The Balaban J connectivity index is 2.18. The highest BCUT2D eigenvalue weighted by molar-refractivity contribution is 7.11. The standard InChI is InChI=1S/C15H27N3S/c1-5-9-18-10-6-7-15(16-4,8-11-18)14-17-12(2)13(3)19-14/h16H,5-11H2,1-4H3. The fraction of sp³-hybridized carbons (Fsp3) is 0.800. The van der Waals surface area contributed by atoms with Crippen molar-refractivity contribution in [3.63, 3.8) is 0 Å². The summed E-state index contributed by atoms with van der Waals surface area (Å²) in [4.78, 5) is 8.79. The molecular formula is C15H27N3S. The lowest BCUT2D eigenvalue weighted by Gasteiger charge is -2.30. The Kier molecular flexibility index (Phi) is 4.98. The van der Waals surface area contributed by atoms with Crippen LogP contribution in [0.5, 0.6) is 0 Å². The fourth-order valence-corrected chi connectivity index (χ4v) is 4.15. The van der Waals surface area contributed by atoms with Gasteiger partial charge in [0.25, 0.3) is 0 Å². The van der Waals surface area contributed by atoms with Crippen molar-refractivity contribution >= 4 is 11.3 Å². The van der Waals surface area contributed by atoms with Gasteiger partial charge in [-0.05, 0) is 59.7 Å². The summed E-state index contributed by atoms with van der Waals surface area (Å²) in [5.74, 6) is 0. The average molecular weight is 281 g/mol. The molecule has 1 fully saturated rings. The summed E-state index contributed by atoms with van der Waals surface area (Å²) in [5, 5.41) is 4.89. The molecule has 1 aliphatic rings. The van der Waals surface area contributed by atoms with Crippen LogP contribution in [0.4, 0.5) is 0 Å². The van der Waals surface area contributed by atoms with Gasteiger partial charge in [-0.15, -0.1) is 11.3 Å². The molecule has 4 heteroatoms. The zero-order valence-corrected chi connectivity index (χ0v) is 13.6. The second kappa shape index (κ2) is 6.33. The highest BCUT2D eigenvalue weighted by atomic mass is 32.1. The number of nitrogens with one attached hydrogen (secondary N) is 1. The molecular weight excluding hydrogens is 254 g/mol. The van der Waals surface area contributed by atoms with Gasteiger partial charge in [0, 0.05) is 11.4 Å².